The number of aryl methyl sites for hydroxylation is 1. The lowest BCUT2D eigenvalue weighted by molar-refractivity contribution is -0.138. The number of carbonyl (C=O) groups excluding carboxylic acids is 2. The van der Waals surface area contributed by atoms with Gasteiger partial charge in [0.15, 0.2) is 8.32 Å². The van der Waals surface area contributed by atoms with E-state index in [0.29, 0.717) is 25.8 Å². The van der Waals surface area contributed by atoms with Gasteiger partial charge < -0.3 is 19.5 Å². The summed E-state index contributed by atoms with van der Waals surface area (Å²) in [6, 6.07) is 25.8. The molecule has 3 aromatic carbocycles. The van der Waals surface area contributed by atoms with Gasteiger partial charge in [-0.25, -0.2) is 5.01 Å². The molecule has 2 amide bonds. The Kier molecular flexibility index (Phi) is 9.56. The summed E-state index contributed by atoms with van der Waals surface area (Å²) in [5, 5.41) is 16.3. The number of rotatable bonds is 9. The van der Waals surface area contributed by atoms with Gasteiger partial charge in [0.05, 0.1) is 42.7 Å². The number of hydrogen-bond donors (Lipinski definition) is 2. The fourth-order valence-electron chi connectivity index (χ4n) is 7.64. The number of fused-ring (bicyclic) bond motifs is 1. The number of hydrogen-bond acceptors (Lipinski definition) is 6. The Balaban J connectivity index is 1.11. The second-order valence-corrected chi connectivity index (χ2v) is 17.6. The predicted octanol–water partition coefficient (Wildman–Crippen LogP) is 5.46. The van der Waals surface area contributed by atoms with Crippen molar-refractivity contribution in [3.05, 3.63) is 101 Å². The molecule has 1 fully saturated rings. The molecule has 5 atom stereocenters. The number of nitrogens with zero attached hydrogens (tertiary/aromatic N) is 3. The van der Waals surface area contributed by atoms with E-state index in [1.807, 2.05) is 85.9 Å². The summed E-state index contributed by atoms with van der Waals surface area (Å²) in [6.07, 6.45) is 2.99. The lowest BCUT2D eigenvalue weighted by Crippen LogP contribution is -2.48. The maximum atomic E-state index is 13.7. The van der Waals surface area contributed by atoms with Crippen molar-refractivity contribution < 1.29 is 24.2 Å². The largest absolute Gasteiger partial charge is 0.432 e. The van der Waals surface area contributed by atoms with E-state index in [-0.39, 0.29) is 54.6 Å². The maximum absolute atomic E-state index is 13.7. The van der Waals surface area contributed by atoms with Crippen molar-refractivity contribution in [3.63, 3.8) is 0 Å². The highest BCUT2D eigenvalue weighted by atomic mass is 28.4. The van der Waals surface area contributed by atoms with Crippen molar-refractivity contribution >= 4 is 31.5 Å². The zero-order valence-electron chi connectivity index (χ0n) is 27.0. The van der Waals surface area contributed by atoms with E-state index in [1.165, 1.54) is 10.6 Å². The number of amides is 2. The second-order valence-electron chi connectivity index (χ2n) is 13.6. The average Bonchev–Trinajstić information content (AvgIpc) is 3.38. The number of aliphatic hydroxyl groups is 1. The van der Waals surface area contributed by atoms with E-state index >= 15 is 0 Å². The molecule has 9 heteroatoms. The molecule has 0 spiro atoms. The monoisotopic (exact) mass is 639 g/mol. The standard InChI is InChI=1S/C37H45N3O5Si/c1-25-33(19-15-26-13-16-30(17-14-26)40-35(42)20-18-32(38-40)27-9-5-4-6-10-27)45-34(37(25)46(2,3)44)22-36(43)39-23-29-12-8-7-11-28(29)21-31(39)24-41/h4-14,16-17,25,31,33-34,37,41,44H,15,18-24H2,1-3H3/t25-,31-,33+,34-,37+/m0/s1. The summed E-state index contributed by atoms with van der Waals surface area (Å²) < 4.78 is 6.62. The summed E-state index contributed by atoms with van der Waals surface area (Å²) >= 11 is 0. The molecule has 8 nitrogen and oxygen atoms in total. The van der Waals surface area contributed by atoms with Gasteiger partial charge in [-0.1, -0.05) is 73.7 Å². The van der Waals surface area contributed by atoms with E-state index in [1.54, 1.807) is 4.90 Å². The molecule has 3 aliphatic rings. The molecule has 0 aromatic heterocycles. The van der Waals surface area contributed by atoms with Crippen LogP contribution in [0.5, 0.6) is 0 Å². The van der Waals surface area contributed by atoms with E-state index in [0.717, 1.165) is 40.9 Å². The molecule has 0 radical (unpaired) electrons. The number of ether oxygens (including phenoxy) is 1. The van der Waals surface area contributed by atoms with E-state index in [2.05, 4.69) is 18.1 Å². The second kappa shape index (κ2) is 13.6. The fourth-order valence-corrected chi connectivity index (χ4v) is 10.3. The minimum atomic E-state index is -2.66. The van der Waals surface area contributed by atoms with Crippen LogP contribution in [0.1, 0.15) is 54.9 Å². The molecule has 46 heavy (non-hydrogen) atoms. The van der Waals surface area contributed by atoms with Gasteiger partial charge >= 0.3 is 0 Å². The topological polar surface area (TPSA) is 103 Å². The number of anilines is 1. The number of aliphatic hydroxyl groups excluding tert-OH is 1. The molecule has 2 N–H and O–H groups in total. The zero-order chi connectivity index (χ0) is 32.4. The van der Waals surface area contributed by atoms with Crippen molar-refractivity contribution in [1.29, 1.82) is 0 Å². The Labute approximate surface area is 272 Å². The minimum absolute atomic E-state index is 0.0119. The first-order chi connectivity index (χ1) is 22.1. The minimum Gasteiger partial charge on any atom is -0.432 e. The molecular formula is C37H45N3O5Si. The van der Waals surface area contributed by atoms with Gasteiger partial charge in [-0.3, -0.25) is 9.59 Å². The van der Waals surface area contributed by atoms with Crippen LogP contribution in [0.15, 0.2) is 84.0 Å². The summed E-state index contributed by atoms with van der Waals surface area (Å²) in [4.78, 5) is 39.6. The van der Waals surface area contributed by atoms with Gasteiger partial charge in [-0.05, 0) is 72.7 Å². The lowest BCUT2D eigenvalue weighted by atomic mass is 9.93. The third-order valence-electron chi connectivity index (χ3n) is 10.0. The van der Waals surface area contributed by atoms with Crippen LogP contribution in [0, 0.1) is 5.92 Å². The first-order valence-corrected chi connectivity index (χ1v) is 19.5. The first kappa shape index (κ1) is 32.3. The molecular weight excluding hydrogens is 595 g/mol. The molecule has 0 saturated carbocycles. The van der Waals surface area contributed by atoms with Crippen molar-refractivity contribution in [2.24, 2.45) is 11.0 Å². The van der Waals surface area contributed by atoms with Crippen LogP contribution in [0.25, 0.3) is 0 Å². The smallest absolute Gasteiger partial charge is 0.247 e. The van der Waals surface area contributed by atoms with Crippen molar-refractivity contribution in [3.8, 4) is 0 Å². The zero-order valence-corrected chi connectivity index (χ0v) is 28.0. The van der Waals surface area contributed by atoms with Gasteiger partial charge in [-0.15, -0.1) is 0 Å². The average molecular weight is 640 g/mol. The Morgan fingerprint density at radius 2 is 1.65 bits per heavy atom. The highest BCUT2D eigenvalue weighted by molar-refractivity contribution is 6.71. The van der Waals surface area contributed by atoms with Gasteiger partial charge in [0, 0.05) is 24.9 Å². The third-order valence-corrected chi connectivity index (χ3v) is 12.5. The van der Waals surface area contributed by atoms with E-state index in [9.17, 15) is 19.5 Å². The SMILES string of the molecule is C[C@@H]1[C@@H]([Si](C)(C)O)[C@H](CC(=O)N2Cc3ccccc3C[C@H]2CO)O[C@@H]1CCc1ccc(N2N=C(c3ccccc3)CCC2=O)cc1. The summed E-state index contributed by atoms with van der Waals surface area (Å²) in [7, 11) is -2.66. The van der Waals surface area contributed by atoms with Crippen molar-refractivity contribution in [2.45, 2.75) is 88.9 Å². The Hall–Kier alpha value is -3.63. The van der Waals surface area contributed by atoms with Gasteiger partial charge in [0.1, 0.15) is 0 Å². The normalized spacial score (nSPS) is 24.9. The van der Waals surface area contributed by atoms with Crippen LogP contribution >= 0.6 is 0 Å². The highest BCUT2D eigenvalue weighted by Crippen LogP contribution is 2.46. The Morgan fingerprint density at radius 3 is 2.35 bits per heavy atom. The molecule has 0 unspecified atom stereocenters. The highest BCUT2D eigenvalue weighted by Gasteiger charge is 2.50. The molecule has 6 rings (SSSR count). The number of carbonyl (C=O) groups is 2. The van der Waals surface area contributed by atoms with Crippen LogP contribution in [-0.4, -0.2) is 65.5 Å². The van der Waals surface area contributed by atoms with E-state index in [4.69, 9.17) is 4.74 Å². The maximum Gasteiger partial charge on any atom is 0.247 e. The Bertz CT molecular complexity index is 1570. The van der Waals surface area contributed by atoms with Crippen molar-refractivity contribution in [2.75, 3.05) is 11.6 Å². The van der Waals surface area contributed by atoms with Crippen LogP contribution in [0.4, 0.5) is 5.69 Å². The summed E-state index contributed by atoms with van der Waals surface area (Å²) in [5.74, 6) is 0.0638. The Morgan fingerprint density at radius 1 is 0.957 bits per heavy atom. The first-order valence-electron chi connectivity index (χ1n) is 16.5. The van der Waals surface area contributed by atoms with Crippen LogP contribution in [-0.2, 0) is 33.7 Å². The predicted molar refractivity (Wildman–Crippen MR) is 182 cm³/mol. The quantitative estimate of drug-likeness (QED) is 0.303. The van der Waals surface area contributed by atoms with Gasteiger partial charge in [0.25, 0.3) is 0 Å². The number of hydrazone groups is 1. The van der Waals surface area contributed by atoms with Crippen LogP contribution in [0.2, 0.25) is 18.6 Å². The third kappa shape index (κ3) is 6.88. The molecule has 3 aliphatic heterocycles. The van der Waals surface area contributed by atoms with Gasteiger partial charge in [0.2, 0.25) is 11.8 Å². The molecule has 242 valence electrons. The van der Waals surface area contributed by atoms with Crippen LogP contribution in [0.3, 0.4) is 0 Å². The summed E-state index contributed by atoms with van der Waals surface area (Å²) in [6.45, 7) is 6.43. The molecule has 3 aromatic rings. The van der Waals surface area contributed by atoms with Crippen LogP contribution < -0.4 is 5.01 Å². The molecule has 0 bridgehead atoms. The lowest BCUT2D eigenvalue weighted by Gasteiger charge is -2.37. The van der Waals surface area contributed by atoms with Crippen molar-refractivity contribution in [1.82, 2.24) is 4.90 Å². The molecule has 1 saturated heterocycles. The molecule has 3 heterocycles. The summed E-state index contributed by atoms with van der Waals surface area (Å²) in [5.41, 5.74) is 6.04. The fraction of sp³-hybridized carbons (Fsp3) is 0.432. The molecule has 0 aliphatic carbocycles. The van der Waals surface area contributed by atoms with Gasteiger partial charge in [-0.2, -0.15) is 5.10 Å². The number of benzene rings is 3. The van der Waals surface area contributed by atoms with E-state index < -0.39 is 8.32 Å².